The fourth-order valence-electron chi connectivity index (χ4n) is 3.36. The largest absolute Gasteiger partial charge is 0.464 e. The molecule has 1 N–H and O–H groups in total. The molecule has 3 aromatic rings. The number of aryl methyl sites for hydroxylation is 1. The monoisotopic (exact) mass is 441 g/mol. The maximum absolute atomic E-state index is 13.5. The van der Waals surface area contributed by atoms with Gasteiger partial charge in [0.15, 0.2) is 6.04 Å². The number of ether oxygens (including phenoxy) is 1. The lowest BCUT2D eigenvalue weighted by atomic mass is 10.0. The van der Waals surface area contributed by atoms with Crippen molar-refractivity contribution in [1.82, 2.24) is 25.2 Å². The van der Waals surface area contributed by atoms with Crippen molar-refractivity contribution in [2.75, 3.05) is 20.3 Å². The van der Waals surface area contributed by atoms with Gasteiger partial charge in [0.05, 0.1) is 12.1 Å². The van der Waals surface area contributed by atoms with Crippen molar-refractivity contribution in [3.63, 3.8) is 0 Å². The zero-order valence-corrected chi connectivity index (χ0v) is 19.3. The minimum atomic E-state index is -0.938. The minimum absolute atomic E-state index is 0.0646. The van der Waals surface area contributed by atoms with E-state index in [2.05, 4.69) is 15.6 Å². The Morgan fingerprint density at radius 2 is 2.00 bits per heavy atom. The van der Waals surface area contributed by atoms with Crippen LogP contribution in [-0.2, 0) is 20.9 Å². The Labute approximate surface area is 187 Å². The molecule has 32 heavy (non-hydrogen) atoms. The zero-order chi connectivity index (χ0) is 23.3. The fourth-order valence-corrected chi connectivity index (χ4v) is 3.36. The van der Waals surface area contributed by atoms with Gasteiger partial charge in [-0.25, -0.2) is 4.68 Å². The molecule has 0 saturated carbocycles. The van der Waals surface area contributed by atoms with Crippen LogP contribution in [0.15, 0.2) is 40.8 Å². The van der Waals surface area contributed by atoms with E-state index in [-0.39, 0.29) is 31.5 Å². The summed E-state index contributed by atoms with van der Waals surface area (Å²) < 4.78 is 12.6. The molecule has 0 spiro atoms. The van der Waals surface area contributed by atoms with Gasteiger partial charge in [0.25, 0.3) is 5.91 Å². The van der Waals surface area contributed by atoms with E-state index in [1.54, 1.807) is 26.2 Å². The average molecular weight is 442 g/mol. The number of carbonyl (C=O) groups is 2. The van der Waals surface area contributed by atoms with Gasteiger partial charge in [0.2, 0.25) is 5.91 Å². The van der Waals surface area contributed by atoms with Crippen molar-refractivity contribution in [3.05, 3.63) is 47.9 Å². The van der Waals surface area contributed by atoms with Gasteiger partial charge in [-0.3, -0.25) is 9.59 Å². The van der Waals surface area contributed by atoms with Crippen LogP contribution >= 0.6 is 0 Å². The quantitative estimate of drug-likeness (QED) is 0.519. The van der Waals surface area contributed by atoms with Crippen LogP contribution in [0, 0.1) is 6.92 Å². The van der Waals surface area contributed by atoms with Gasteiger partial charge < -0.3 is 19.4 Å². The SMILES string of the molecule is CCC(C)(C)NC(=O)C(c1ccc(C)o1)N(CCOC)C(=O)Cn1nnc2ccccc21. The molecule has 9 heteroatoms. The van der Waals surface area contributed by atoms with Crippen molar-refractivity contribution < 1.29 is 18.7 Å². The summed E-state index contributed by atoms with van der Waals surface area (Å²) in [6.45, 7) is 8.10. The molecule has 0 saturated heterocycles. The third-order valence-electron chi connectivity index (χ3n) is 5.50. The molecule has 0 aliphatic rings. The highest BCUT2D eigenvalue weighted by molar-refractivity contribution is 5.89. The Hall–Kier alpha value is -3.20. The molecule has 0 bridgehead atoms. The maximum atomic E-state index is 13.5. The number of nitrogens with one attached hydrogen (secondary N) is 1. The summed E-state index contributed by atoms with van der Waals surface area (Å²) in [5, 5.41) is 11.3. The van der Waals surface area contributed by atoms with E-state index in [9.17, 15) is 9.59 Å². The molecule has 0 aliphatic carbocycles. The van der Waals surface area contributed by atoms with E-state index in [4.69, 9.17) is 9.15 Å². The summed E-state index contributed by atoms with van der Waals surface area (Å²) in [5.41, 5.74) is 1.01. The summed E-state index contributed by atoms with van der Waals surface area (Å²) in [5.74, 6) is 0.467. The van der Waals surface area contributed by atoms with Crippen LogP contribution in [0.1, 0.15) is 44.8 Å². The number of fused-ring (bicyclic) bond motifs is 1. The molecule has 0 radical (unpaired) electrons. The van der Waals surface area contributed by atoms with Gasteiger partial charge in [-0.15, -0.1) is 5.10 Å². The molecule has 0 fully saturated rings. The predicted octanol–water partition coefficient (Wildman–Crippen LogP) is 2.85. The first-order chi connectivity index (χ1) is 15.3. The van der Waals surface area contributed by atoms with Crippen LogP contribution < -0.4 is 5.32 Å². The molecule has 9 nitrogen and oxygen atoms in total. The van der Waals surface area contributed by atoms with Gasteiger partial charge >= 0.3 is 0 Å². The Morgan fingerprint density at radius 3 is 2.66 bits per heavy atom. The number of rotatable bonds is 10. The normalized spacial score (nSPS) is 12.7. The standard InChI is InChI=1S/C23H31N5O4/c1-6-23(3,4)24-22(30)21(19-12-11-16(2)32-19)27(13-14-31-5)20(29)15-28-18-10-8-7-9-17(18)25-26-28/h7-12,21H,6,13-15H2,1-5H3,(H,24,30). The molecular weight excluding hydrogens is 410 g/mol. The lowest BCUT2D eigenvalue weighted by molar-refractivity contribution is -0.143. The second-order valence-corrected chi connectivity index (χ2v) is 8.39. The number of carbonyl (C=O) groups excluding carboxylic acids is 2. The van der Waals surface area contributed by atoms with Crippen molar-refractivity contribution in [3.8, 4) is 0 Å². The number of para-hydroxylation sites is 1. The Kier molecular flexibility index (Phi) is 7.29. The Bertz CT molecular complexity index is 1070. The average Bonchev–Trinajstić information content (AvgIpc) is 3.37. The Morgan fingerprint density at radius 1 is 1.25 bits per heavy atom. The van der Waals surface area contributed by atoms with E-state index in [1.165, 1.54) is 9.58 Å². The summed E-state index contributed by atoms with van der Waals surface area (Å²) >= 11 is 0. The maximum Gasteiger partial charge on any atom is 0.251 e. The van der Waals surface area contributed by atoms with Gasteiger partial charge in [-0.1, -0.05) is 24.3 Å². The lowest BCUT2D eigenvalue weighted by Gasteiger charge is -2.33. The van der Waals surface area contributed by atoms with Crippen LogP contribution in [0.5, 0.6) is 0 Å². The summed E-state index contributed by atoms with van der Waals surface area (Å²) in [6.07, 6.45) is 0.736. The molecule has 1 atom stereocenters. The van der Waals surface area contributed by atoms with Crippen molar-refractivity contribution in [2.45, 2.75) is 52.2 Å². The molecule has 2 heterocycles. The molecule has 2 aromatic heterocycles. The number of hydrogen-bond acceptors (Lipinski definition) is 6. The second kappa shape index (κ2) is 9.95. The van der Waals surface area contributed by atoms with E-state index in [1.807, 2.05) is 45.0 Å². The molecule has 2 amide bonds. The van der Waals surface area contributed by atoms with Crippen molar-refractivity contribution >= 4 is 22.8 Å². The number of nitrogens with zero attached hydrogens (tertiary/aromatic N) is 4. The van der Waals surface area contributed by atoms with Gasteiger partial charge in [0.1, 0.15) is 23.6 Å². The zero-order valence-electron chi connectivity index (χ0n) is 19.3. The first-order valence-electron chi connectivity index (χ1n) is 10.7. The minimum Gasteiger partial charge on any atom is -0.464 e. The molecular formula is C23H31N5O4. The molecule has 3 rings (SSSR count). The fraction of sp³-hybridized carbons (Fsp3) is 0.478. The van der Waals surface area contributed by atoms with E-state index in [0.717, 1.165) is 11.9 Å². The number of hydrogen-bond donors (Lipinski definition) is 1. The van der Waals surface area contributed by atoms with Crippen LogP contribution in [0.25, 0.3) is 11.0 Å². The van der Waals surface area contributed by atoms with Crippen LogP contribution in [-0.4, -0.2) is 57.5 Å². The van der Waals surface area contributed by atoms with Gasteiger partial charge in [-0.05, 0) is 51.5 Å². The number of aromatic nitrogens is 3. The van der Waals surface area contributed by atoms with Crippen LogP contribution in [0.3, 0.4) is 0 Å². The third-order valence-corrected chi connectivity index (χ3v) is 5.50. The van der Waals surface area contributed by atoms with Crippen LogP contribution in [0.4, 0.5) is 0 Å². The first-order valence-corrected chi connectivity index (χ1v) is 10.7. The lowest BCUT2D eigenvalue weighted by Crippen LogP contribution is -2.51. The number of methoxy groups -OCH3 is 1. The Balaban J connectivity index is 1.95. The third kappa shape index (κ3) is 5.34. The molecule has 1 unspecified atom stereocenters. The highest BCUT2D eigenvalue weighted by Gasteiger charge is 2.36. The highest BCUT2D eigenvalue weighted by atomic mass is 16.5. The molecule has 172 valence electrons. The van der Waals surface area contributed by atoms with Gasteiger partial charge in [-0.2, -0.15) is 0 Å². The van der Waals surface area contributed by atoms with Gasteiger partial charge in [0, 0.05) is 19.2 Å². The molecule has 0 aliphatic heterocycles. The topological polar surface area (TPSA) is 102 Å². The summed E-state index contributed by atoms with van der Waals surface area (Å²) in [7, 11) is 1.56. The molecule has 1 aromatic carbocycles. The van der Waals surface area contributed by atoms with Crippen molar-refractivity contribution in [2.24, 2.45) is 0 Å². The predicted molar refractivity (Wildman–Crippen MR) is 120 cm³/mol. The summed E-state index contributed by atoms with van der Waals surface area (Å²) in [4.78, 5) is 28.4. The van der Waals surface area contributed by atoms with E-state index in [0.29, 0.717) is 17.0 Å². The highest BCUT2D eigenvalue weighted by Crippen LogP contribution is 2.25. The smallest absolute Gasteiger partial charge is 0.251 e. The first kappa shape index (κ1) is 23.5. The van der Waals surface area contributed by atoms with E-state index >= 15 is 0 Å². The van der Waals surface area contributed by atoms with E-state index < -0.39 is 11.6 Å². The summed E-state index contributed by atoms with van der Waals surface area (Å²) in [6, 6.07) is 9.99. The number of amides is 2. The second-order valence-electron chi connectivity index (χ2n) is 8.39. The number of benzene rings is 1. The number of furan rings is 1. The van der Waals surface area contributed by atoms with Crippen molar-refractivity contribution in [1.29, 1.82) is 0 Å². The van der Waals surface area contributed by atoms with Crippen LogP contribution in [0.2, 0.25) is 0 Å².